The van der Waals surface area contributed by atoms with Crippen molar-refractivity contribution in [2.24, 2.45) is 15.8 Å². The van der Waals surface area contributed by atoms with Gasteiger partial charge in [-0.2, -0.15) is 5.26 Å². The van der Waals surface area contributed by atoms with Gasteiger partial charge >= 0.3 is 0 Å². The van der Waals surface area contributed by atoms with E-state index in [1.807, 2.05) is 6.92 Å². The maximum atomic E-state index is 9.37. The van der Waals surface area contributed by atoms with Gasteiger partial charge in [0.15, 0.2) is 0 Å². The van der Waals surface area contributed by atoms with Crippen LogP contribution in [0.2, 0.25) is 0 Å². The van der Waals surface area contributed by atoms with E-state index in [2.05, 4.69) is 50.1 Å². The molecule has 0 aromatic carbocycles. The third-order valence-electron chi connectivity index (χ3n) is 4.64. The van der Waals surface area contributed by atoms with E-state index in [1.165, 1.54) is 5.71 Å². The molecule has 2 aliphatic heterocycles. The highest BCUT2D eigenvalue weighted by molar-refractivity contribution is 6.00. The molecule has 1 fully saturated rings. The Labute approximate surface area is 110 Å². The van der Waals surface area contributed by atoms with Gasteiger partial charge in [-0.05, 0) is 25.8 Å². The van der Waals surface area contributed by atoms with Gasteiger partial charge in [0, 0.05) is 28.8 Å². The zero-order chi connectivity index (χ0) is 13.6. The molecule has 2 heterocycles. The molecule has 1 atom stereocenters. The SMILES string of the molecule is CC1(C)CCN=C1/C=C1/CC(C)(C)C(C)(C#N)N1. The normalized spacial score (nSPS) is 35.1. The van der Waals surface area contributed by atoms with Crippen molar-refractivity contribution in [3.05, 3.63) is 11.8 Å². The summed E-state index contributed by atoms with van der Waals surface area (Å²) in [6.45, 7) is 11.7. The van der Waals surface area contributed by atoms with Crippen molar-refractivity contribution in [2.75, 3.05) is 6.54 Å². The lowest BCUT2D eigenvalue weighted by molar-refractivity contribution is 0.264. The Balaban J connectivity index is 2.27. The Morgan fingerprint density at radius 3 is 2.39 bits per heavy atom. The lowest BCUT2D eigenvalue weighted by atomic mass is 9.75. The second-order valence-corrected chi connectivity index (χ2v) is 6.99. The van der Waals surface area contributed by atoms with E-state index in [9.17, 15) is 5.26 Å². The first-order chi connectivity index (χ1) is 8.20. The first kappa shape index (κ1) is 13.1. The van der Waals surface area contributed by atoms with Crippen LogP contribution in [0.15, 0.2) is 16.8 Å². The molecule has 98 valence electrons. The molecule has 0 amide bonds. The molecule has 1 N–H and O–H groups in total. The molecule has 0 aliphatic carbocycles. The minimum atomic E-state index is -0.484. The summed E-state index contributed by atoms with van der Waals surface area (Å²) >= 11 is 0. The zero-order valence-electron chi connectivity index (χ0n) is 12.1. The lowest BCUT2D eigenvalue weighted by Gasteiger charge is -2.30. The summed E-state index contributed by atoms with van der Waals surface area (Å²) in [7, 11) is 0. The summed E-state index contributed by atoms with van der Waals surface area (Å²) in [5.41, 5.74) is 1.96. The Morgan fingerprint density at radius 2 is 1.94 bits per heavy atom. The molecule has 0 aromatic heterocycles. The summed E-state index contributed by atoms with van der Waals surface area (Å²) in [6, 6.07) is 2.41. The standard InChI is InChI=1S/C15H23N3/c1-13(2)6-7-17-12(13)8-11-9-14(3,4)15(5,10-16)18-11/h8,18H,6-7,9H2,1-5H3/b11-8-. The monoisotopic (exact) mass is 245 g/mol. The van der Waals surface area contributed by atoms with Crippen LogP contribution in [0.5, 0.6) is 0 Å². The zero-order valence-corrected chi connectivity index (χ0v) is 12.1. The van der Waals surface area contributed by atoms with Gasteiger partial charge in [-0.3, -0.25) is 4.99 Å². The molecule has 0 saturated carbocycles. The van der Waals surface area contributed by atoms with Crippen LogP contribution >= 0.6 is 0 Å². The largest absolute Gasteiger partial charge is 0.370 e. The molecular formula is C15H23N3. The maximum Gasteiger partial charge on any atom is 0.127 e. The van der Waals surface area contributed by atoms with Gasteiger partial charge in [0.1, 0.15) is 5.54 Å². The van der Waals surface area contributed by atoms with E-state index < -0.39 is 5.54 Å². The van der Waals surface area contributed by atoms with Crippen LogP contribution in [-0.4, -0.2) is 17.8 Å². The molecule has 3 nitrogen and oxygen atoms in total. The molecule has 3 heteroatoms. The van der Waals surface area contributed by atoms with Crippen LogP contribution in [0.1, 0.15) is 47.5 Å². The minimum Gasteiger partial charge on any atom is -0.370 e. The van der Waals surface area contributed by atoms with Crippen LogP contribution in [0.4, 0.5) is 0 Å². The molecule has 1 unspecified atom stereocenters. The van der Waals surface area contributed by atoms with Crippen LogP contribution in [0.3, 0.4) is 0 Å². The number of aliphatic imine (C=N–C) groups is 1. The van der Waals surface area contributed by atoms with Gasteiger partial charge in [0.05, 0.1) is 6.07 Å². The average Bonchev–Trinajstić information content (AvgIpc) is 2.67. The molecule has 2 aliphatic rings. The Morgan fingerprint density at radius 1 is 1.28 bits per heavy atom. The first-order valence-corrected chi connectivity index (χ1v) is 6.65. The molecule has 1 saturated heterocycles. The van der Waals surface area contributed by atoms with Crippen LogP contribution < -0.4 is 5.32 Å². The smallest absolute Gasteiger partial charge is 0.127 e. The average molecular weight is 245 g/mol. The van der Waals surface area contributed by atoms with E-state index in [0.29, 0.717) is 0 Å². The van der Waals surface area contributed by atoms with E-state index >= 15 is 0 Å². The molecule has 2 rings (SSSR count). The van der Waals surface area contributed by atoms with Gasteiger partial charge in [-0.25, -0.2) is 0 Å². The molecular weight excluding hydrogens is 222 g/mol. The summed E-state index contributed by atoms with van der Waals surface area (Å²) in [4.78, 5) is 4.59. The lowest BCUT2D eigenvalue weighted by Crippen LogP contribution is -2.44. The van der Waals surface area contributed by atoms with Crippen molar-refractivity contribution < 1.29 is 0 Å². The van der Waals surface area contributed by atoms with Crippen LogP contribution in [-0.2, 0) is 0 Å². The van der Waals surface area contributed by atoms with Crippen molar-refractivity contribution in [3.8, 4) is 6.07 Å². The predicted octanol–water partition coefficient (Wildman–Crippen LogP) is 3.04. The van der Waals surface area contributed by atoms with Crippen molar-refractivity contribution in [3.63, 3.8) is 0 Å². The second-order valence-electron chi connectivity index (χ2n) is 6.99. The molecule has 18 heavy (non-hydrogen) atoms. The number of nitrogens with zero attached hydrogens (tertiary/aromatic N) is 2. The quantitative estimate of drug-likeness (QED) is 0.772. The van der Waals surface area contributed by atoms with E-state index in [-0.39, 0.29) is 10.8 Å². The van der Waals surface area contributed by atoms with Crippen LogP contribution in [0, 0.1) is 22.2 Å². The van der Waals surface area contributed by atoms with E-state index in [4.69, 9.17) is 0 Å². The molecule has 0 aromatic rings. The summed E-state index contributed by atoms with van der Waals surface area (Å²) in [5.74, 6) is 0. The number of hydrogen-bond donors (Lipinski definition) is 1. The summed E-state index contributed by atoms with van der Waals surface area (Å²) in [6.07, 6.45) is 4.19. The fourth-order valence-electron chi connectivity index (χ4n) is 2.66. The number of allylic oxidation sites excluding steroid dienone is 2. The van der Waals surface area contributed by atoms with Crippen molar-refractivity contribution in [1.29, 1.82) is 5.26 Å². The third-order valence-corrected chi connectivity index (χ3v) is 4.64. The highest BCUT2D eigenvalue weighted by atomic mass is 15.0. The highest BCUT2D eigenvalue weighted by Gasteiger charge is 2.48. The van der Waals surface area contributed by atoms with Gasteiger partial charge in [0.25, 0.3) is 0 Å². The van der Waals surface area contributed by atoms with Crippen LogP contribution in [0.25, 0.3) is 0 Å². The first-order valence-electron chi connectivity index (χ1n) is 6.65. The fraction of sp³-hybridized carbons (Fsp3) is 0.733. The predicted molar refractivity (Wildman–Crippen MR) is 74.3 cm³/mol. The topological polar surface area (TPSA) is 48.2 Å². The Hall–Kier alpha value is -1.30. The second kappa shape index (κ2) is 3.85. The van der Waals surface area contributed by atoms with Gasteiger partial charge < -0.3 is 5.32 Å². The maximum absolute atomic E-state index is 9.37. The third kappa shape index (κ3) is 1.94. The number of hydrogen-bond acceptors (Lipinski definition) is 3. The fourth-order valence-corrected chi connectivity index (χ4v) is 2.66. The van der Waals surface area contributed by atoms with Crippen molar-refractivity contribution in [2.45, 2.75) is 53.0 Å². The van der Waals surface area contributed by atoms with Gasteiger partial charge in [-0.15, -0.1) is 0 Å². The Bertz CT molecular complexity index is 463. The summed E-state index contributed by atoms with van der Waals surface area (Å²) in [5, 5.41) is 12.8. The van der Waals surface area contributed by atoms with Crippen molar-refractivity contribution >= 4 is 5.71 Å². The van der Waals surface area contributed by atoms with Crippen molar-refractivity contribution in [1.82, 2.24) is 5.32 Å². The molecule has 0 bridgehead atoms. The van der Waals surface area contributed by atoms with E-state index in [0.717, 1.165) is 25.1 Å². The van der Waals surface area contributed by atoms with E-state index in [1.54, 1.807) is 0 Å². The van der Waals surface area contributed by atoms with Gasteiger partial charge in [-0.1, -0.05) is 27.7 Å². The minimum absolute atomic E-state index is 0.0448. The molecule has 0 spiro atoms. The summed E-state index contributed by atoms with van der Waals surface area (Å²) < 4.78 is 0. The number of rotatable bonds is 1. The molecule has 0 radical (unpaired) electrons. The highest BCUT2D eigenvalue weighted by Crippen LogP contribution is 2.43. The number of nitriles is 1. The van der Waals surface area contributed by atoms with Gasteiger partial charge in [0.2, 0.25) is 0 Å². The number of nitrogens with one attached hydrogen (secondary N) is 1. The Kier molecular flexibility index (Phi) is 2.81.